The molecule has 1 atom stereocenters. The molecule has 0 saturated carbocycles. The lowest BCUT2D eigenvalue weighted by Crippen LogP contribution is -2.41. The fourth-order valence-electron chi connectivity index (χ4n) is 2.51. The number of benzene rings is 1. The molecule has 2 rings (SSSR count). The van der Waals surface area contributed by atoms with Crippen molar-refractivity contribution in [2.24, 2.45) is 5.92 Å². The number of rotatable bonds is 6. The van der Waals surface area contributed by atoms with Crippen molar-refractivity contribution >= 4 is 11.9 Å². The van der Waals surface area contributed by atoms with Gasteiger partial charge in [-0.2, -0.15) is 0 Å². The highest BCUT2D eigenvalue weighted by Crippen LogP contribution is 2.30. The molecule has 23 heavy (non-hydrogen) atoms. The molecule has 0 bridgehead atoms. The zero-order valence-corrected chi connectivity index (χ0v) is 14.2. The third-order valence-corrected chi connectivity index (χ3v) is 3.74. The quantitative estimate of drug-likeness (QED) is 0.648. The Morgan fingerprint density at radius 2 is 1.91 bits per heavy atom. The first kappa shape index (κ1) is 17.1. The molecule has 1 aromatic rings. The van der Waals surface area contributed by atoms with Crippen molar-refractivity contribution in [3.8, 4) is 5.75 Å². The molecule has 3 amide bonds. The van der Waals surface area contributed by atoms with E-state index >= 15 is 0 Å². The summed E-state index contributed by atoms with van der Waals surface area (Å²) in [6.07, 6.45) is 0. The maximum Gasteiger partial charge on any atom is 0.325 e. The average molecular weight is 316 g/mol. The van der Waals surface area contributed by atoms with Crippen LogP contribution in [-0.4, -0.2) is 30.0 Å². The van der Waals surface area contributed by atoms with Crippen LogP contribution in [0.5, 0.6) is 5.75 Å². The number of hydrogen-bond donors (Lipinski definition) is 1. The van der Waals surface area contributed by atoms with Crippen LogP contribution >= 0.6 is 0 Å². The summed E-state index contributed by atoms with van der Waals surface area (Å²) in [5.74, 6) is 0.716. The first-order chi connectivity index (χ1) is 10.7. The molecule has 1 aliphatic heterocycles. The molecule has 1 saturated heterocycles. The molecule has 124 valence electrons. The molecular weight excluding hydrogens is 292 g/mol. The maximum absolute atomic E-state index is 12.7. The topological polar surface area (TPSA) is 58.6 Å². The van der Waals surface area contributed by atoms with Crippen molar-refractivity contribution in [1.29, 1.82) is 0 Å². The Bertz CT molecular complexity index is 622. The Labute approximate surface area is 137 Å². The molecule has 1 aliphatic rings. The monoisotopic (exact) mass is 316 g/mol. The van der Waals surface area contributed by atoms with E-state index in [9.17, 15) is 9.59 Å². The molecule has 1 heterocycles. The van der Waals surface area contributed by atoms with Crippen LogP contribution in [0.3, 0.4) is 0 Å². The summed E-state index contributed by atoms with van der Waals surface area (Å²) in [4.78, 5) is 26.1. The van der Waals surface area contributed by atoms with Crippen molar-refractivity contribution in [1.82, 2.24) is 10.2 Å². The summed E-state index contributed by atoms with van der Waals surface area (Å²) < 4.78 is 5.56. The van der Waals surface area contributed by atoms with E-state index in [1.807, 2.05) is 32.9 Å². The highest BCUT2D eigenvalue weighted by atomic mass is 16.5. The summed E-state index contributed by atoms with van der Waals surface area (Å²) in [6.45, 7) is 12.2. The van der Waals surface area contributed by atoms with Gasteiger partial charge in [0.25, 0.3) is 5.91 Å². The van der Waals surface area contributed by atoms with Crippen LogP contribution in [0.25, 0.3) is 0 Å². The van der Waals surface area contributed by atoms with Gasteiger partial charge in [0.15, 0.2) is 0 Å². The van der Waals surface area contributed by atoms with Gasteiger partial charge in [-0.05, 0) is 43.0 Å². The number of carbonyl (C=O) groups is 2. The summed E-state index contributed by atoms with van der Waals surface area (Å²) >= 11 is 0. The molecule has 5 nitrogen and oxygen atoms in total. The first-order valence-electron chi connectivity index (χ1n) is 7.76. The number of ether oxygens (including phenoxy) is 1. The van der Waals surface area contributed by atoms with E-state index in [0.29, 0.717) is 18.9 Å². The van der Waals surface area contributed by atoms with Gasteiger partial charge in [0.05, 0.1) is 0 Å². The standard InChI is InChI=1S/C18H24N2O3/c1-12(2)10-20-16(21)18(5,19-17(20)22)14-6-8-15(9-7-14)23-11-13(3)4/h6-9,12H,3,10-11H2,1-2,4-5H3,(H,19,22). The number of urea groups is 1. The molecule has 0 radical (unpaired) electrons. The summed E-state index contributed by atoms with van der Waals surface area (Å²) in [7, 11) is 0. The van der Waals surface area contributed by atoms with E-state index in [0.717, 1.165) is 11.1 Å². The SMILES string of the molecule is C=C(C)COc1ccc(C2(C)NC(=O)N(CC(C)C)C2=O)cc1. The predicted molar refractivity (Wildman–Crippen MR) is 89.2 cm³/mol. The predicted octanol–water partition coefficient (Wildman–Crippen LogP) is 3.06. The second-order valence-corrected chi connectivity index (χ2v) is 6.63. The summed E-state index contributed by atoms with van der Waals surface area (Å²) in [5, 5.41) is 2.80. The highest BCUT2D eigenvalue weighted by molar-refractivity contribution is 6.07. The van der Waals surface area contributed by atoms with Gasteiger partial charge in [-0.15, -0.1) is 0 Å². The minimum Gasteiger partial charge on any atom is -0.489 e. The van der Waals surface area contributed by atoms with E-state index in [2.05, 4.69) is 11.9 Å². The van der Waals surface area contributed by atoms with Gasteiger partial charge in [0.1, 0.15) is 17.9 Å². The minimum atomic E-state index is -1.03. The van der Waals surface area contributed by atoms with Crippen molar-refractivity contribution in [2.45, 2.75) is 33.2 Å². The molecule has 1 fully saturated rings. The second-order valence-electron chi connectivity index (χ2n) is 6.63. The normalized spacial score (nSPS) is 20.8. The number of carbonyl (C=O) groups excluding carboxylic acids is 2. The van der Waals surface area contributed by atoms with E-state index < -0.39 is 5.54 Å². The average Bonchev–Trinajstić information content (AvgIpc) is 2.70. The van der Waals surface area contributed by atoms with Crippen LogP contribution in [0.2, 0.25) is 0 Å². The number of amides is 3. The fourth-order valence-corrected chi connectivity index (χ4v) is 2.51. The number of nitrogens with zero attached hydrogens (tertiary/aromatic N) is 1. The minimum absolute atomic E-state index is 0.216. The van der Waals surface area contributed by atoms with Gasteiger partial charge in [-0.3, -0.25) is 9.69 Å². The summed E-state index contributed by atoms with van der Waals surface area (Å²) in [5.41, 5.74) is 0.646. The van der Waals surface area contributed by atoms with E-state index in [1.165, 1.54) is 4.90 Å². The Balaban J connectivity index is 2.18. The molecule has 0 spiro atoms. The Morgan fingerprint density at radius 1 is 1.30 bits per heavy atom. The number of hydrogen-bond acceptors (Lipinski definition) is 3. The van der Waals surface area contributed by atoms with E-state index in [1.54, 1.807) is 19.1 Å². The highest BCUT2D eigenvalue weighted by Gasteiger charge is 2.48. The van der Waals surface area contributed by atoms with Gasteiger partial charge in [0, 0.05) is 6.54 Å². The lowest BCUT2D eigenvalue weighted by molar-refractivity contribution is -0.131. The van der Waals surface area contributed by atoms with E-state index in [-0.39, 0.29) is 17.9 Å². The van der Waals surface area contributed by atoms with Crippen LogP contribution in [-0.2, 0) is 10.3 Å². The molecular formula is C18H24N2O3. The molecule has 5 heteroatoms. The van der Waals surface area contributed by atoms with Crippen molar-refractivity contribution in [2.75, 3.05) is 13.2 Å². The number of nitrogens with one attached hydrogen (secondary N) is 1. The molecule has 1 unspecified atom stereocenters. The first-order valence-corrected chi connectivity index (χ1v) is 7.76. The van der Waals surface area contributed by atoms with Crippen molar-refractivity contribution in [3.05, 3.63) is 42.0 Å². The Kier molecular flexibility index (Phi) is 4.78. The van der Waals surface area contributed by atoms with Gasteiger partial charge >= 0.3 is 6.03 Å². The zero-order chi connectivity index (χ0) is 17.2. The molecule has 0 aromatic heterocycles. The van der Waals surface area contributed by atoms with Gasteiger partial charge in [-0.25, -0.2) is 4.79 Å². The van der Waals surface area contributed by atoms with Crippen LogP contribution in [0, 0.1) is 5.92 Å². The molecule has 1 aromatic carbocycles. The van der Waals surface area contributed by atoms with Crippen LogP contribution in [0.1, 0.15) is 33.3 Å². The van der Waals surface area contributed by atoms with Crippen LogP contribution in [0.15, 0.2) is 36.4 Å². The van der Waals surface area contributed by atoms with Crippen molar-refractivity contribution < 1.29 is 14.3 Å². The smallest absolute Gasteiger partial charge is 0.325 e. The third-order valence-electron chi connectivity index (χ3n) is 3.74. The van der Waals surface area contributed by atoms with Gasteiger partial charge in [-0.1, -0.05) is 32.6 Å². The molecule has 1 N–H and O–H groups in total. The molecule has 0 aliphatic carbocycles. The largest absolute Gasteiger partial charge is 0.489 e. The van der Waals surface area contributed by atoms with Crippen LogP contribution in [0.4, 0.5) is 4.79 Å². The lowest BCUT2D eigenvalue weighted by atomic mass is 9.92. The second kappa shape index (κ2) is 6.44. The Hall–Kier alpha value is -2.30. The maximum atomic E-state index is 12.7. The Morgan fingerprint density at radius 3 is 2.43 bits per heavy atom. The van der Waals surface area contributed by atoms with Gasteiger partial charge < -0.3 is 10.1 Å². The summed E-state index contributed by atoms with van der Waals surface area (Å²) in [6, 6.07) is 6.88. The van der Waals surface area contributed by atoms with Crippen LogP contribution < -0.4 is 10.1 Å². The fraction of sp³-hybridized carbons (Fsp3) is 0.444. The van der Waals surface area contributed by atoms with Gasteiger partial charge in [0.2, 0.25) is 0 Å². The van der Waals surface area contributed by atoms with Crippen molar-refractivity contribution in [3.63, 3.8) is 0 Å². The number of imide groups is 1. The third kappa shape index (κ3) is 3.55. The van der Waals surface area contributed by atoms with E-state index in [4.69, 9.17) is 4.74 Å². The zero-order valence-electron chi connectivity index (χ0n) is 14.2. The lowest BCUT2D eigenvalue weighted by Gasteiger charge is -2.23.